The van der Waals surface area contributed by atoms with E-state index in [2.05, 4.69) is 4.74 Å². The zero-order valence-electron chi connectivity index (χ0n) is 10.2. The van der Waals surface area contributed by atoms with E-state index >= 15 is 0 Å². The highest BCUT2D eigenvalue weighted by atomic mass is 16.5. The van der Waals surface area contributed by atoms with E-state index in [4.69, 9.17) is 10.00 Å². The molecule has 0 saturated carbocycles. The number of nitriles is 1. The highest BCUT2D eigenvalue weighted by molar-refractivity contribution is 5.82. The first-order chi connectivity index (χ1) is 8.17. The molecule has 1 rings (SSSR count). The molecule has 0 fully saturated rings. The number of hydrogen-bond acceptors (Lipinski definition) is 4. The Balaban J connectivity index is 3.25. The first-order valence-corrected chi connectivity index (χ1v) is 5.32. The van der Waals surface area contributed by atoms with Crippen molar-refractivity contribution in [3.63, 3.8) is 0 Å². The molecule has 4 heteroatoms. The second-order valence-electron chi connectivity index (χ2n) is 3.52. The summed E-state index contributed by atoms with van der Waals surface area (Å²) in [5, 5.41) is 9.06. The van der Waals surface area contributed by atoms with Gasteiger partial charge in [-0.15, -0.1) is 0 Å². The fourth-order valence-corrected chi connectivity index (χ4v) is 1.60. The molecule has 0 saturated heterocycles. The van der Waals surface area contributed by atoms with E-state index < -0.39 is 11.9 Å². The van der Waals surface area contributed by atoms with Crippen LogP contribution in [0.2, 0.25) is 0 Å². The van der Waals surface area contributed by atoms with Gasteiger partial charge < -0.3 is 9.47 Å². The van der Waals surface area contributed by atoms with Crippen molar-refractivity contribution in [2.24, 2.45) is 0 Å². The average molecular weight is 233 g/mol. The number of methoxy groups -OCH3 is 2. The molecule has 1 aromatic carbocycles. The normalized spacial score (nSPS) is 11.4. The van der Waals surface area contributed by atoms with E-state index in [0.717, 1.165) is 12.0 Å². The standard InChI is InChI=1S/C13H15NO3/c1-4-9-5-6-12(16-2)10(7-9)11(8-14)13(15)17-3/h5-7,11H,4H2,1-3H3. The Hall–Kier alpha value is -2.02. The summed E-state index contributed by atoms with van der Waals surface area (Å²) in [7, 11) is 2.78. The first kappa shape index (κ1) is 13.0. The molecule has 1 atom stereocenters. The molecule has 0 bridgehead atoms. The van der Waals surface area contributed by atoms with E-state index in [9.17, 15) is 4.79 Å². The van der Waals surface area contributed by atoms with E-state index in [1.165, 1.54) is 14.2 Å². The predicted octanol–water partition coefficient (Wildman–Crippen LogP) is 2.04. The highest BCUT2D eigenvalue weighted by Gasteiger charge is 2.24. The van der Waals surface area contributed by atoms with Gasteiger partial charge in [-0.1, -0.05) is 19.1 Å². The van der Waals surface area contributed by atoms with Gasteiger partial charge in [0, 0.05) is 5.56 Å². The van der Waals surface area contributed by atoms with Gasteiger partial charge in [0.25, 0.3) is 0 Å². The van der Waals surface area contributed by atoms with Crippen LogP contribution in [0.15, 0.2) is 18.2 Å². The smallest absolute Gasteiger partial charge is 0.327 e. The number of aryl methyl sites for hydroxylation is 1. The summed E-state index contributed by atoms with van der Waals surface area (Å²) in [4.78, 5) is 11.5. The van der Waals surface area contributed by atoms with Gasteiger partial charge >= 0.3 is 5.97 Å². The summed E-state index contributed by atoms with van der Waals surface area (Å²) < 4.78 is 9.78. The van der Waals surface area contributed by atoms with E-state index in [1.807, 2.05) is 25.1 Å². The molecule has 0 aliphatic carbocycles. The van der Waals surface area contributed by atoms with Crippen LogP contribution in [0.4, 0.5) is 0 Å². The zero-order chi connectivity index (χ0) is 12.8. The third-order valence-corrected chi connectivity index (χ3v) is 2.58. The molecule has 1 aromatic rings. The summed E-state index contributed by atoms with van der Waals surface area (Å²) in [5.41, 5.74) is 1.60. The van der Waals surface area contributed by atoms with Crippen LogP contribution in [0, 0.1) is 11.3 Å². The van der Waals surface area contributed by atoms with Crippen molar-refractivity contribution < 1.29 is 14.3 Å². The summed E-state index contributed by atoms with van der Waals surface area (Å²) in [5.74, 6) is -0.986. The molecule has 0 heterocycles. The lowest BCUT2D eigenvalue weighted by atomic mass is 9.96. The van der Waals surface area contributed by atoms with Crippen LogP contribution in [0.1, 0.15) is 24.0 Å². The number of ether oxygens (including phenoxy) is 2. The monoisotopic (exact) mass is 233 g/mol. The maximum Gasteiger partial charge on any atom is 0.327 e. The zero-order valence-corrected chi connectivity index (χ0v) is 10.2. The quantitative estimate of drug-likeness (QED) is 0.747. The Morgan fingerprint density at radius 2 is 2.18 bits per heavy atom. The number of carbonyl (C=O) groups is 1. The van der Waals surface area contributed by atoms with Gasteiger partial charge in [-0.25, -0.2) is 0 Å². The number of benzene rings is 1. The second kappa shape index (κ2) is 5.90. The molecule has 0 aromatic heterocycles. The summed E-state index contributed by atoms with van der Waals surface area (Å²) >= 11 is 0. The minimum Gasteiger partial charge on any atom is -0.496 e. The third-order valence-electron chi connectivity index (χ3n) is 2.58. The van der Waals surface area contributed by atoms with E-state index in [-0.39, 0.29) is 0 Å². The molecule has 0 amide bonds. The van der Waals surface area contributed by atoms with Crippen LogP contribution < -0.4 is 4.74 Å². The van der Waals surface area contributed by atoms with E-state index in [1.54, 1.807) is 6.07 Å². The minimum atomic E-state index is -0.943. The van der Waals surface area contributed by atoms with Crippen LogP contribution in [-0.2, 0) is 16.0 Å². The SMILES string of the molecule is CCc1ccc(OC)c(C(C#N)C(=O)OC)c1. The molecular weight excluding hydrogens is 218 g/mol. The molecular formula is C13H15NO3. The molecule has 0 radical (unpaired) electrons. The Morgan fingerprint density at radius 3 is 2.65 bits per heavy atom. The lowest BCUT2D eigenvalue weighted by molar-refractivity contribution is -0.141. The van der Waals surface area contributed by atoms with Crippen molar-refractivity contribution in [1.29, 1.82) is 5.26 Å². The summed E-state index contributed by atoms with van der Waals surface area (Å²) in [6.45, 7) is 2.01. The summed E-state index contributed by atoms with van der Waals surface area (Å²) in [6, 6.07) is 7.43. The average Bonchev–Trinajstić information content (AvgIpc) is 2.39. The molecule has 0 spiro atoms. The number of nitrogens with zero attached hydrogens (tertiary/aromatic N) is 1. The Morgan fingerprint density at radius 1 is 1.47 bits per heavy atom. The van der Waals surface area contributed by atoms with Crippen molar-refractivity contribution in [3.05, 3.63) is 29.3 Å². The van der Waals surface area contributed by atoms with Gasteiger partial charge in [-0.2, -0.15) is 5.26 Å². The van der Waals surface area contributed by atoms with Gasteiger partial charge in [0.15, 0.2) is 5.92 Å². The Labute approximate surface area is 101 Å². The third kappa shape index (κ3) is 2.76. The van der Waals surface area contributed by atoms with Gasteiger partial charge in [-0.3, -0.25) is 4.79 Å². The number of hydrogen-bond donors (Lipinski definition) is 0. The van der Waals surface area contributed by atoms with Gasteiger partial charge in [0.05, 0.1) is 20.3 Å². The number of rotatable bonds is 4. The van der Waals surface area contributed by atoms with Crippen LogP contribution >= 0.6 is 0 Å². The number of carbonyl (C=O) groups excluding carboxylic acids is 1. The van der Waals surface area contributed by atoms with E-state index in [0.29, 0.717) is 11.3 Å². The van der Waals surface area contributed by atoms with Crippen LogP contribution in [-0.4, -0.2) is 20.2 Å². The lowest BCUT2D eigenvalue weighted by Crippen LogP contribution is -2.13. The Bertz CT molecular complexity index is 448. The molecule has 17 heavy (non-hydrogen) atoms. The van der Waals surface area contributed by atoms with Crippen molar-refractivity contribution in [2.75, 3.05) is 14.2 Å². The maximum absolute atomic E-state index is 11.5. The summed E-state index contributed by atoms with van der Waals surface area (Å²) in [6.07, 6.45) is 0.830. The lowest BCUT2D eigenvalue weighted by Gasteiger charge is -2.13. The molecule has 1 unspecified atom stereocenters. The fourth-order valence-electron chi connectivity index (χ4n) is 1.60. The topological polar surface area (TPSA) is 59.3 Å². The first-order valence-electron chi connectivity index (χ1n) is 5.32. The molecule has 0 aliphatic rings. The van der Waals surface area contributed by atoms with Crippen molar-refractivity contribution >= 4 is 5.97 Å². The molecule has 0 aliphatic heterocycles. The number of esters is 1. The molecule has 90 valence electrons. The second-order valence-corrected chi connectivity index (χ2v) is 3.52. The molecule has 0 N–H and O–H groups in total. The fraction of sp³-hybridized carbons (Fsp3) is 0.385. The van der Waals surface area contributed by atoms with Crippen molar-refractivity contribution in [2.45, 2.75) is 19.3 Å². The van der Waals surface area contributed by atoms with Crippen LogP contribution in [0.5, 0.6) is 5.75 Å². The largest absolute Gasteiger partial charge is 0.496 e. The Kier molecular flexibility index (Phi) is 4.53. The predicted molar refractivity (Wildman–Crippen MR) is 62.7 cm³/mol. The molecule has 4 nitrogen and oxygen atoms in total. The van der Waals surface area contributed by atoms with Crippen LogP contribution in [0.25, 0.3) is 0 Å². The maximum atomic E-state index is 11.5. The minimum absolute atomic E-state index is 0.527. The van der Waals surface area contributed by atoms with Crippen molar-refractivity contribution in [1.82, 2.24) is 0 Å². The van der Waals surface area contributed by atoms with Gasteiger partial charge in [0.1, 0.15) is 5.75 Å². The highest BCUT2D eigenvalue weighted by Crippen LogP contribution is 2.28. The van der Waals surface area contributed by atoms with Crippen molar-refractivity contribution in [3.8, 4) is 11.8 Å². The van der Waals surface area contributed by atoms with Gasteiger partial charge in [0.2, 0.25) is 0 Å². The van der Waals surface area contributed by atoms with Crippen LogP contribution in [0.3, 0.4) is 0 Å². The van der Waals surface area contributed by atoms with Gasteiger partial charge in [-0.05, 0) is 18.1 Å².